The molecule has 1 N–H and O–H groups in total. The number of nitrogens with one attached hydrogen (secondary N) is 1. The van der Waals surface area contributed by atoms with Crippen molar-refractivity contribution in [3.8, 4) is 0 Å². The van der Waals surface area contributed by atoms with Crippen molar-refractivity contribution in [3.63, 3.8) is 0 Å². The lowest BCUT2D eigenvalue weighted by molar-refractivity contribution is -0.0449. The van der Waals surface area contributed by atoms with Crippen LogP contribution in [0, 0.1) is 6.92 Å². The fraction of sp³-hybridized carbons (Fsp3) is 0.526. The van der Waals surface area contributed by atoms with E-state index in [1.54, 1.807) is 12.4 Å². The fourth-order valence-corrected chi connectivity index (χ4v) is 3.88. The van der Waals surface area contributed by atoms with E-state index in [0.29, 0.717) is 12.0 Å². The van der Waals surface area contributed by atoms with Gasteiger partial charge in [0, 0.05) is 37.7 Å². The minimum Gasteiger partial charge on any atom is -0.373 e. The maximum Gasteiger partial charge on any atom is 0.222 e. The van der Waals surface area contributed by atoms with E-state index in [0.717, 1.165) is 56.9 Å². The number of aryl methyl sites for hydroxylation is 1. The van der Waals surface area contributed by atoms with E-state index >= 15 is 0 Å². The van der Waals surface area contributed by atoms with E-state index in [-0.39, 0.29) is 5.60 Å². The minimum absolute atomic E-state index is 0.0168. The number of hydrogen-bond donors (Lipinski definition) is 1. The summed E-state index contributed by atoms with van der Waals surface area (Å²) in [7, 11) is 0. The summed E-state index contributed by atoms with van der Waals surface area (Å²) < 4.78 is 6.22. The van der Waals surface area contributed by atoms with Crippen molar-refractivity contribution >= 4 is 5.95 Å². The van der Waals surface area contributed by atoms with Gasteiger partial charge in [-0.25, -0.2) is 9.97 Å². The number of ether oxygens (including phenoxy) is 1. The molecule has 1 unspecified atom stereocenters. The predicted molar refractivity (Wildman–Crippen MR) is 96.2 cm³/mol. The molecule has 2 aliphatic heterocycles. The van der Waals surface area contributed by atoms with Gasteiger partial charge in [0.15, 0.2) is 0 Å². The molecule has 25 heavy (non-hydrogen) atoms. The number of anilines is 1. The van der Waals surface area contributed by atoms with E-state index < -0.39 is 0 Å². The van der Waals surface area contributed by atoms with Crippen molar-refractivity contribution in [1.82, 2.24) is 19.9 Å². The monoisotopic (exact) mass is 339 g/mol. The van der Waals surface area contributed by atoms with Crippen LogP contribution in [-0.2, 0) is 11.3 Å². The maximum atomic E-state index is 6.22. The Balaban J connectivity index is 1.29. The summed E-state index contributed by atoms with van der Waals surface area (Å²) in [4.78, 5) is 15.6. The van der Waals surface area contributed by atoms with Crippen LogP contribution in [0.2, 0.25) is 0 Å². The van der Waals surface area contributed by atoms with E-state index in [9.17, 15) is 0 Å². The second-order valence-electron chi connectivity index (χ2n) is 7.16. The SMILES string of the molecule is Cc1cccc(CN2CCC3(CC2)CC(Nc2ncccn2)CO3)n1. The van der Waals surface area contributed by atoms with Gasteiger partial charge in [0.1, 0.15) is 0 Å². The Morgan fingerprint density at radius 3 is 2.76 bits per heavy atom. The molecule has 0 aliphatic carbocycles. The summed E-state index contributed by atoms with van der Waals surface area (Å²) >= 11 is 0. The first kappa shape index (κ1) is 16.4. The highest BCUT2D eigenvalue weighted by Gasteiger charge is 2.42. The summed E-state index contributed by atoms with van der Waals surface area (Å²) in [5.74, 6) is 0.691. The average Bonchev–Trinajstić information content (AvgIpc) is 3.01. The first-order valence-corrected chi connectivity index (χ1v) is 9.03. The Morgan fingerprint density at radius 1 is 1.20 bits per heavy atom. The zero-order valence-corrected chi connectivity index (χ0v) is 14.7. The van der Waals surface area contributed by atoms with Crippen LogP contribution in [0.4, 0.5) is 5.95 Å². The van der Waals surface area contributed by atoms with Gasteiger partial charge in [-0.2, -0.15) is 0 Å². The van der Waals surface area contributed by atoms with Crippen molar-refractivity contribution in [2.45, 2.75) is 44.4 Å². The normalized spacial score (nSPS) is 23.0. The Labute approximate surface area is 148 Å². The number of rotatable bonds is 4. The highest BCUT2D eigenvalue weighted by atomic mass is 16.5. The zero-order valence-electron chi connectivity index (χ0n) is 14.7. The molecule has 2 aromatic heterocycles. The minimum atomic E-state index is 0.0168. The molecule has 2 aromatic rings. The number of piperidine rings is 1. The molecule has 1 atom stereocenters. The lowest BCUT2D eigenvalue weighted by Crippen LogP contribution is -2.44. The fourth-order valence-electron chi connectivity index (χ4n) is 3.88. The third-order valence-corrected chi connectivity index (χ3v) is 5.21. The molecule has 6 heteroatoms. The molecule has 0 bridgehead atoms. The van der Waals surface area contributed by atoms with Crippen LogP contribution in [0.25, 0.3) is 0 Å². The molecule has 2 saturated heterocycles. The highest BCUT2D eigenvalue weighted by molar-refractivity contribution is 5.25. The topological polar surface area (TPSA) is 63.2 Å². The molecule has 6 nitrogen and oxygen atoms in total. The molecule has 4 rings (SSSR count). The molecule has 2 fully saturated rings. The van der Waals surface area contributed by atoms with Gasteiger partial charge >= 0.3 is 0 Å². The maximum absolute atomic E-state index is 6.22. The van der Waals surface area contributed by atoms with Crippen molar-refractivity contribution < 1.29 is 4.74 Å². The van der Waals surface area contributed by atoms with Gasteiger partial charge in [-0.05, 0) is 44.4 Å². The van der Waals surface area contributed by atoms with Crippen LogP contribution in [0.3, 0.4) is 0 Å². The molecular formula is C19H25N5O. The van der Waals surface area contributed by atoms with Gasteiger partial charge in [-0.1, -0.05) is 6.07 Å². The second-order valence-corrected chi connectivity index (χ2v) is 7.16. The quantitative estimate of drug-likeness (QED) is 0.923. The number of pyridine rings is 1. The van der Waals surface area contributed by atoms with Crippen molar-refractivity contribution in [2.24, 2.45) is 0 Å². The summed E-state index contributed by atoms with van der Waals surface area (Å²) in [5, 5.41) is 3.40. The van der Waals surface area contributed by atoms with E-state index in [2.05, 4.69) is 37.3 Å². The van der Waals surface area contributed by atoms with E-state index in [1.807, 2.05) is 19.1 Å². The van der Waals surface area contributed by atoms with Crippen LogP contribution in [0.1, 0.15) is 30.7 Å². The molecule has 4 heterocycles. The molecule has 1 spiro atoms. The van der Waals surface area contributed by atoms with E-state index in [1.165, 1.54) is 0 Å². The first-order chi connectivity index (χ1) is 12.2. The number of likely N-dealkylation sites (tertiary alicyclic amines) is 1. The smallest absolute Gasteiger partial charge is 0.222 e. The molecule has 0 saturated carbocycles. The van der Waals surface area contributed by atoms with Gasteiger partial charge in [0.2, 0.25) is 5.95 Å². The summed E-state index contributed by atoms with van der Waals surface area (Å²) in [5.41, 5.74) is 2.26. The van der Waals surface area contributed by atoms with Crippen LogP contribution < -0.4 is 5.32 Å². The van der Waals surface area contributed by atoms with Crippen LogP contribution in [0.5, 0.6) is 0 Å². The Bertz CT molecular complexity index is 700. The average molecular weight is 339 g/mol. The van der Waals surface area contributed by atoms with Gasteiger partial charge in [0.25, 0.3) is 0 Å². The Morgan fingerprint density at radius 2 is 2.00 bits per heavy atom. The van der Waals surface area contributed by atoms with Crippen molar-refractivity contribution in [3.05, 3.63) is 48.0 Å². The van der Waals surface area contributed by atoms with Gasteiger partial charge in [-0.15, -0.1) is 0 Å². The zero-order chi connectivity index (χ0) is 17.1. The molecule has 0 radical (unpaired) electrons. The molecule has 0 amide bonds. The van der Waals surface area contributed by atoms with Crippen LogP contribution in [0.15, 0.2) is 36.7 Å². The molecule has 132 valence electrons. The summed E-state index contributed by atoms with van der Waals surface area (Å²) in [6, 6.07) is 8.38. The summed E-state index contributed by atoms with van der Waals surface area (Å²) in [6.07, 6.45) is 6.71. The van der Waals surface area contributed by atoms with Crippen LogP contribution >= 0.6 is 0 Å². The van der Waals surface area contributed by atoms with Gasteiger partial charge in [0.05, 0.1) is 23.9 Å². The number of hydrogen-bond acceptors (Lipinski definition) is 6. The third-order valence-electron chi connectivity index (χ3n) is 5.21. The molecule has 2 aliphatic rings. The second kappa shape index (κ2) is 7.06. The first-order valence-electron chi connectivity index (χ1n) is 9.03. The number of nitrogens with zero attached hydrogens (tertiary/aromatic N) is 4. The lowest BCUT2D eigenvalue weighted by Gasteiger charge is -2.38. The summed E-state index contributed by atoms with van der Waals surface area (Å²) in [6.45, 7) is 5.83. The van der Waals surface area contributed by atoms with Gasteiger partial charge in [-0.3, -0.25) is 9.88 Å². The molecular weight excluding hydrogens is 314 g/mol. The van der Waals surface area contributed by atoms with Crippen molar-refractivity contribution in [2.75, 3.05) is 25.0 Å². The lowest BCUT2D eigenvalue weighted by atomic mass is 9.87. The van der Waals surface area contributed by atoms with Crippen LogP contribution in [-0.4, -0.2) is 51.2 Å². The van der Waals surface area contributed by atoms with Gasteiger partial charge < -0.3 is 10.1 Å². The Hall–Kier alpha value is -2.05. The largest absolute Gasteiger partial charge is 0.373 e. The number of aromatic nitrogens is 3. The van der Waals surface area contributed by atoms with E-state index in [4.69, 9.17) is 4.74 Å². The van der Waals surface area contributed by atoms with Crippen molar-refractivity contribution in [1.29, 1.82) is 0 Å². The molecule has 0 aromatic carbocycles. The standard InChI is InChI=1S/C19H25N5O/c1-15-4-2-5-16(22-15)13-24-10-6-19(7-11-24)12-17(14-25-19)23-18-20-8-3-9-21-18/h2-5,8-9,17H,6-7,10-14H2,1H3,(H,20,21,23). The Kier molecular flexibility index (Phi) is 4.63. The third kappa shape index (κ3) is 3.96. The predicted octanol–water partition coefficient (Wildman–Crippen LogP) is 2.42. The highest BCUT2D eigenvalue weighted by Crippen LogP contribution is 2.36.